The Labute approximate surface area is 129 Å². The van der Waals surface area contributed by atoms with Crippen molar-refractivity contribution in [2.24, 2.45) is 5.92 Å². The standard InChI is InChI=1S/C16H19ClN2O2/c1-11-6-4-5-9-16(11)14(20)19(15(21)18-16)10-12-7-2-3-8-13(12)17/h2-3,7-8,11H,4-6,9-10H2,1H3,(H,18,21)/t11?,16-/m1/s1. The average Bonchev–Trinajstić information content (AvgIpc) is 2.70. The number of imide groups is 1. The summed E-state index contributed by atoms with van der Waals surface area (Å²) in [6, 6.07) is 7.02. The molecule has 2 fully saturated rings. The molecule has 1 saturated heterocycles. The molecular formula is C16H19ClN2O2. The predicted molar refractivity (Wildman–Crippen MR) is 80.9 cm³/mol. The molecule has 21 heavy (non-hydrogen) atoms. The highest BCUT2D eigenvalue weighted by atomic mass is 35.5. The van der Waals surface area contributed by atoms with Crippen LogP contribution in [-0.2, 0) is 11.3 Å². The molecule has 1 saturated carbocycles. The number of urea groups is 1. The van der Waals surface area contributed by atoms with Gasteiger partial charge in [-0.2, -0.15) is 0 Å². The van der Waals surface area contributed by atoms with E-state index >= 15 is 0 Å². The summed E-state index contributed by atoms with van der Waals surface area (Å²) < 4.78 is 0. The van der Waals surface area contributed by atoms with Crippen LogP contribution in [0.5, 0.6) is 0 Å². The van der Waals surface area contributed by atoms with Crippen LogP contribution in [0.15, 0.2) is 24.3 Å². The highest BCUT2D eigenvalue weighted by Gasteiger charge is 2.54. The zero-order valence-corrected chi connectivity index (χ0v) is 12.8. The molecule has 112 valence electrons. The van der Waals surface area contributed by atoms with Crippen molar-refractivity contribution in [3.05, 3.63) is 34.9 Å². The highest BCUT2D eigenvalue weighted by Crippen LogP contribution is 2.38. The lowest BCUT2D eigenvalue weighted by Gasteiger charge is -2.36. The second-order valence-corrected chi connectivity index (χ2v) is 6.44. The third kappa shape index (κ3) is 2.31. The van der Waals surface area contributed by atoms with E-state index in [-0.39, 0.29) is 24.4 Å². The van der Waals surface area contributed by atoms with Gasteiger partial charge < -0.3 is 5.32 Å². The Morgan fingerprint density at radius 2 is 2.10 bits per heavy atom. The number of benzene rings is 1. The predicted octanol–water partition coefficient (Wildman–Crippen LogP) is 3.34. The van der Waals surface area contributed by atoms with Gasteiger partial charge in [-0.15, -0.1) is 0 Å². The summed E-state index contributed by atoms with van der Waals surface area (Å²) in [5, 5.41) is 3.53. The van der Waals surface area contributed by atoms with E-state index in [4.69, 9.17) is 11.6 Å². The molecule has 3 amide bonds. The fourth-order valence-electron chi connectivity index (χ4n) is 3.44. The molecule has 0 radical (unpaired) electrons. The van der Waals surface area contributed by atoms with E-state index in [1.165, 1.54) is 4.90 Å². The first kappa shape index (κ1) is 14.4. The van der Waals surface area contributed by atoms with Crippen LogP contribution in [0.2, 0.25) is 5.02 Å². The van der Waals surface area contributed by atoms with Crippen molar-refractivity contribution in [2.75, 3.05) is 0 Å². The summed E-state index contributed by atoms with van der Waals surface area (Å²) in [7, 11) is 0. The first-order valence-corrected chi connectivity index (χ1v) is 7.80. The SMILES string of the molecule is CC1CCCC[C@@]12NC(=O)N(Cc1ccccc1Cl)C2=O. The Bertz CT molecular complexity index is 589. The second kappa shape index (κ2) is 5.34. The third-order valence-electron chi connectivity index (χ3n) is 4.79. The van der Waals surface area contributed by atoms with Crippen molar-refractivity contribution in [2.45, 2.75) is 44.7 Å². The van der Waals surface area contributed by atoms with E-state index in [0.29, 0.717) is 5.02 Å². The monoisotopic (exact) mass is 306 g/mol. The molecule has 1 aromatic rings. The first-order chi connectivity index (χ1) is 10.0. The first-order valence-electron chi connectivity index (χ1n) is 7.42. The summed E-state index contributed by atoms with van der Waals surface area (Å²) >= 11 is 6.13. The number of amides is 3. The molecule has 4 nitrogen and oxygen atoms in total. The largest absolute Gasteiger partial charge is 0.325 e. The molecule has 1 unspecified atom stereocenters. The van der Waals surface area contributed by atoms with Gasteiger partial charge in [0.2, 0.25) is 0 Å². The molecule has 0 aromatic heterocycles. The van der Waals surface area contributed by atoms with E-state index in [9.17, 15) is 9.59 Å². The van der Waals surface area contributed by atoms with Crippen LogP contribution < -0.4 is 5.32 Å². The molecule has 5 heteroatoms. The number of hydrogen-bond acceptors (Lipinski definition) is 2. The summed E-state index contributed by atoms with van der Waals surface area (Å²) in [5.41, 5.74) is 0.0968. The van der Waals surface area contributed by atoms with Crippen LogP contribution in [-0.4, -0.2) is 22.4 Å². The van der Waals surface area contributed by atoms with Crippen LogP contribution in [0, 0.1) is 5.92 Å². The average molecular weight is 307 g/mol. The number of nitrogens with one attached hydrogen (secondary N) is 1. The number of rotatable bonds is 2. The zero-order valence-electron chi connectivity index (χ0n) is 12.1. The Morgan fingerprint density at radius 1 is 1.33 bits per heavy atom. The van der Waals surface area contributed by atoms with Crippen LogP contribution in [0.4, 0.5) is 4.79 Å². The van der Waals surface area contributed by atoms with Gasteiger partial charge in [-0.1, -0.05) is 49.6 Å². The van der Waals surface area contributed by atoms with Crippen molar-refractivity contribution in [3.63, 3.8) is 0 Å². The van der Waals surface area contributed by atoms with Gasteiger partial charge in [0.15, 0.2) is 0 Å². The van der Waals surface area contributed by atoms with Crippen LogP contribution in [0.1, 0.15) is 38.2 Å². The topological polar surface area (TPSA) is 49.4 Å². The minimum Gasteiger partial charge on any atom is -0.323 e. The summed E-state index contributed by atoms with van der Waals surface area (Å²) in [6.07, 6.45) is 3.82. The molecule has 2 atom stereocenters. The lowest BCUT2D eigenvalue weighted by atomic mass is 9.73. The zero-order chi connectivity index (χ0) is 15.0. The molecule has 1 aliphatic heterocycles. The second-order valence-electron chi connectivity index (χ2n) is 6.03. The normalized spacial score (nSPS) is 29.0. The van der Waals surface area contributed by atoms with E-state index in [2.05, 4.69) is 12.2 Å². The van der Waals surface area contributed by atoms with Gasteiger partial charge in [-0.3, -0.25) is 9.69 Å². The van der Waals surface area contributed by atoms with Crippen LogP contribution >= 0.6 is 11.6 Å². The maximum Gasteiger partial charge on any atom is 0.325 e. The fourth-order valence-corrected chi connectivity index (χ4v) is 3.63. The third-order valence-corrected chi connectivity index (χ3v) is 5.16. The van der Waals surface area contributed by atoms with E-state index in [1.807, 2.05) is 18.2 Å². The van der Waals surface area contributed by atoms with Gasteiger partial charge in [0, 0.05) is 5.02 Å². The van der Waals surface area contributed by atoms with E-state index in [1.54, 1.807) is 6.07 Å². The van der Waals surface area contributed by atoms with Crippen molar-refractivity contribution < 1.29 is 9.59 Å². The fraction of sp³-hybridized carbons (Fsp3) is 0.500. The van der Waals surface area contributed by atoms with E-state index in [0.717, 1.165) is 31.2 Å². The molecule has 2 aliphatic rings. The summed E-state index contributed by atoms with van der Waals surface area (Å²) in [5.74, 6) is 0.0820. The lowest BCUT2D eigenvalue weighted by molar-refractivity contribution is -0.134. The smallest absolute Gasteiger partial charge is 0.323 e. The van der Waals surface area contributed by atoms with Gasteiger partial charge >= 0.3 is 6.03 Å². The number of hydrogen-bond donors (Lipinski definition) is 1. The minimum absolute atomic E-state index is 0.0976. The number of carbonyl (C=O) groups is 2. The van der Waals surface area contributed by atoms with Crippen molar-refractivity contribution >= 4 is 23.5 Å². The minimum atomic E-state index is -0.698. The van der Waals surface area contributed by atoms with Gasteiger partial charge in [-0.25, -0.2) is 4.79 Å². The molecule has 0 bridgehead atoms. The van der Waals surface area contributed by atoms with Crippen LogP contribution in [0.3, 0.4) is 0 Å². The Hall–Kier alpha value is -1.55. The van der Waals surface area contributed by atoms with E-state index < -0.39 is 5.54 Å². The van der Waals surface area contributed by atoms with Crippen LogP contribution in [0.25, 0.3) is 0 Å². The maximum atomic E-state index is 12.8. The van der Waals surface area contributed by atoms with Gasteiger partial charge in [-0.05, 0) is 30.4 Å². The van der Waals surface area contributed by atoms with Gasteiger partial charge in [0.1, 0.15) is 5.54 Å². The quantitative estimate of drug-likeness (QED) is 0.852. The number of carbonyl (C=O) groups excluding carboxylic acids is 2. The molecular weight excluding hydrogens is 288 g/mol. The number of halogens is 1. The lowest BCUT2D eigenvalue weighted by Crippen LogP contribution is -2.53. The maximum absolute atomic E-state index is 12.8. The van der Waals surface area contributed by atoms with Gasteiger partial charge in [0.05, 0.1) is 6.54 Å². The van der Waals surface area contributed by atoms with Gasteiger partial charge in [0.25, 0.3) is 5.91 Å². The molecule has 1 aromatic carbocycles. The molecule has 3 rings (SSSR count). The molecule has 1 N–H and O–H groups in total. The molecule has 1 spiro atoms. The molecule has 1 aliphatic carbocycles. The van der Waals surface area contributed by atoms with Crippen molar-refractivity contribution in [1.82, 2.24) is 10.2 Å². The summed E-state index contributed by atoms with van der Waals surface area (Å²) in [4.78, 5) is 26.4. The highest BCUT2D eigenvalue weighted by molar-refractivity contribution is 6.31. The summed E-state index contributed by atoms with van der Waals surface area (Å²) in [6.45, 7) is 2.29. The van der Waals surface area contributed by atoms with Crippen molar-refractivity contribution in [1.29, 1.82) is 0 Å². The molecule has 1 heterocycles. The number of nitrogens with zero attached hydrogens (tertiary/aromatic N) is 1. The Balaban J connectivity index is 1.86. The Kier molecular flexibility index (Phi) is 3.66. The Morgan fingerprint density at radius 3 is 2.81 bits per heavy atom. The van der Waals surface area contributed by atoms with Crippen molar-refractivity contribution in [3.8, 4) is 0 Å².